The smallest absolute Gasteiger partial charge is 0.0547 e. The van der Waals surface area contributed by atoms with Crippen molar-refractivity contribution in [3.63, 3.8) is 0 Å². The lowest BCUT2D eigenvalue weighted by Gasteiger charge is -2.23. The molecule has 0 aromatic heterocycles. The molecule has 0 N–H and O–H groups in total. The topological polar surface area (TPSA) is 3.24 Å². The second kappa shape index (κ2) is 5.36. The summed E-state index contributed by atoms with van der Waals surface area (Å²) in [7, 11) is 0. The highest BCUT2D eigenvalue weighted by atomic mass is 15.1. The molecule has 0 atom stereocenters. The summed E-state index contributed by atoms with van der Waals surface area (Å²) in [5, 5.41) is 0. The number of hydrogen-bond donors (Lipinski definition) is 0. The van der Waals surface area contributed by atoms with Gasteiger partial charge in [0.25, 0.3) is 0 Å². The van der Waals surface area contributed by atoms with Gasteiger partial charge in [0, 0.05) is 11.4 Å². The zero-order chi connectivity index (χ0) is 11.2. The zero-order valence-corrected chi connectivity index (χ0v) is 9.51. The van der Waals surface area contributed by atoms with Gasteiger partial charge in [-0.15, -0.1) is 0 Å². The Morgan fingerprint density at radius 1 is 0.812 bits per heavy atom. The molecule has 0 spiro atoms. The lowest BCUT2D eigenvalue weighted by atomic mass is 10.2. The van der Waals surface area contributed by atoms with Crippen LogP contribution in [0.5, 0.6) is 0 Å². The number of para-hydroxylation sites is 2. The molecule has 81 valence electrons. The lowest BCUT2D eigenvalue weighted by molar-refractivity contribution is 1.01. The number of benzene rings is 2. The molecular weight excluding hydrogens is 194 g/mol. The maximum Gasteiger partial charge on any atom is 0.0547 e. The van der Waals surface area contributed by atoms with Crippen molar-refractivity contribution in [3.8, 4) is 0 Å². The van der Waals surface area contributed by atoms with Crippen LogP contribution in [0.2, 0.25) is 0 Å². The van der Waals surface area contributed by atoms with Gasteiger partial charge in [-0.05, 0) is 30.7 Å². The summed E-state index contributed by atoms with van der Waals surface area (Å²) in [5.41, 5.74) is 2.41. The van der Waals surface area contributed by atoms with Crippen LogP contribution in [0.15, 0.2) is 60.7 Å². The number of anilines is 2. The van der Waals surface area contributed by atoms with E-state index >= 15 is 0 Å². The Morgan fingerprint density at radius 3 is 1.62 bits per heavy atom. The molecular formula is C15H16N. The molecule has 16 heavy (non-hydrogen) atoms. The first kappa shape index (κ1) is 10.7. The number of rotatable bonds is 4. The molecule has 0 heterocycles. The molecule has 0 amide bonds. The average molecular weight is 210 g/mol. The molecule has 0 saturated carbocycles. The van der Waals surface area contributed by atoms with Crippen molar-refractivity contribution in [1.82, 2.24) is 0 Å². The lowest BCUT2D eigenvalue weighted by Crippen LogP contribution is -2.12. The minimum atomic E-state index is 1.02. The van der Waals surface area contributed by atoms with Gasteiger partial charge in [-0.1, -0.05) is 43.3 Å². The zero-order valence-electron chi connectivity index (χ0n) is 9.51. The summed E-state index contributed by atoms with van der Waals surface area (Å²) in [5.74, 6) is 0. The Morgan fingerprint density at radius 2 is 1.25 bits per heavy atom. The molecule has 0 fully saturated rings. The van der Waals surface area contributed by atoms with Crippen LogP contribution in [-0.2, 0) is 0 Å². The maximum absolute atomic E-state index is 2.22. The molecule has 0 saturated heterocycles. The fraction of sp³-hybridized carbons (Fsp3) is 0.133. The Kier molecular flexibility index (Phi) is 3.60. The molecule has 0 unspecified atom stereocenters. The first-order valence-corrected chi connectivity index (χ1v) is 5.64. The highest BCUT2D eigenvalue weighted by Gasteiger charge is 2.06. The van der Waals surface area contributed by atoms with Gasteiger partial charge in [0.1, 0.15) is 0 Å². The van der Waals surface area contributed by atoms with Crippen molar-refractivity contribution < 1.29 is 0 Å². The van der Waals surface area contributed by atoms with E-state index in [4.69, 9.17) is 0 Å². The van der Waals surface area contributed by atoms with E-state index in [2.05, 4.69) is 66.9 Å². The SMILES string of the molecule is CC[CH]N(c1ccccc1)c1ccccc1. The predicted molar refractivity (Wildman–Crippen MR) is 69.6 cm³/mol. The van der Waals surface area contributed by atoms with Crippen molar-refractivity contribution in [2.24, 2.45) is 0 Å². The van der Waals surface area contributed by atoms with Crippen molar-refractivity contribution in [3.05, 3.63) is 67.2 Å². The predicted octanol–water partition coefficient (Wildman–Crippen LogP) is 4.40. The van der Waals surface area contributed by atoms with Crippen LogP contribution in [0.4, 0.5) is 11.4 Å². The largest absolute Gasteiger partial charge is 0.336 e. The first-order valence-electron chi connectivity index (χ1n) is 5.64. The van der Waals surface area contributed by atoms with E-state index in [1.165, 1.54) is 11.4 Å². The van der Waals surface area contributed by atoms with Crippen LogP contribution in [0, 0.1) is 6.54 Å². The Bertz CT molecular complexity index is 368. The summed E-state index contributed by atoms with van der Waals surface area (Å²) < 4.78 is 0. The van der Waals surface area contributed by atoms with E-state index in [1.807, 2.05) is 12.1 Å². The van der Waals surface area contributed by atoms with Crippen LogP contribution in [-0.4, -0.2) is 0 Å². The molecule has 2 aromatic rings. The van der Waals surface area contributed by atoms with E-state index in [-0.39, 0.29) is 0 Å². The third kappa shape index (κ3) is 2.43. The van der Waals surface area contributed by atoms with Crippen molar-refractivity contribution in [2.75, 3.05) is 4.90 Å². The second-order valence-corrected chi connectivity index (χ2v) is 3.63. The summed E-state index contributed by atoms with van der Waals surface area (Å²) in [4.78, 5) is 2.22. The molecule has 0 bridgehead atoms. The van der Waals surface area contributed by atoms with Gasteiger partial charge in [-0.2, -0.15) is 0 Å². The van der Waals surface area contributed by atoms with Crippen LogP contribution in [0.25, 0.3) is 0 Å². The molecule has 1 radical (unpaired) electrons. The summed E-state index contributed by atoms with van der Waals surface area (Å²) in [6.45, 7) is 4.35. The Labute approximate surface area is 97.3 Å². The highest BCUT2D eigenvalue weighted by Crippen LogP contribution is 2.26. The van der Waals surface area contributed by atoms with Crippen LogP contribution in [0.3, 0.4) is 0 Å². The van der Waals surface area contributed by atoms with Gasteiger partial charge in [-0.25, -0.2) is 0 Å². The maximum atomic E-state index is 2.22. The normalized spacial score (nSPS) is 10.1. The molecule has 2 aromatic carbocycles. The molecule has 2 rings (SSSR count). The molecule has 1 nitrogen and oxygen atoms in total. The molecule has 0 aliphatic carbocycles. The fourth-order valence-corrected chi connectivity index (χ4v) is 1.72. The summed E-state index contributed by atoms with van der Waals surface area (Å²) in [6.07, 6.45) is 1.02. The first-order chi connectivity index (χ1) is 7.92. The van der Waals surface area contributed by atoms with E-state index < -0.39 is 0 Å². The Balaban J connectivity index is 2.31. The quantitative estimate of drug-likeness (QED) is 0.723. The van der Waals surface area contributed by atoms with E-state index in [0.29, 0.717) is 0 Å². The molecule has 1 heteroatoms. The van der Waals surface area contributed by atoms with E-state index in [0.717, 1.165) is 6.42 Å². The monoisotopic (exact) mass is 210 g/mol. The van der Waals surface area contributed by atoms with Crippen molar-refractivity contribution >= 4 is 11.4 Å². The Hall–Kier alpha value is -1.76. The molecule has 0 aliphatic rings. The average Bonchev–Trinajstić information content (AvgIpc) is 2.38. The van der Waals surface area contributed by atoms with Crippen LogP contribution < -0.4 is 4.90 Å². The van der Waals surface area contributed by atoms with Crippen LogP contribution in [0.1, 0.15) is 13.3 Å². The van der Waals surface area contributed by atoms with Gasteiger partial charge in [0.2, 0.25) is 0 Å². The third-order valence-electron chi connectivity index (χ3n) is 2.43. The second-order valence-electron chi connectivity index (χ2n) is 3.63. The van der Waals surface area contributed by atoms with Crippen molar-refractivity contribution in [1.29, 1.82) is 0 Å². The van der Waals surface area contributed by atoms with E-state index in [9.17, 15) is 0 Å². The standard InChI is InChI=1S/C15H16N/c1-2-13-16(14-9-5-3-6-10-14)15-11-7-4-8-12-15/h3-13H,2H2,1H3. The minimum Gasteiger partial charge on any atom is -0.336 e. The minimum absolute atomic E-state index is 1.02. The van der Waals surface area contributed by atoms with Gasteiger partial charge >= 0.3 is 0 Å². The van der Waals surface area contributed by atoms with Gasteiger partial charge in [0.15, 0.2) is 0 Å². The summed E-state index contributed by atoms with van der Waals surface area (Å²) in [6, 6.07) is 20.8. The van der Waals surface area contributed by atoms with Crippen molar-refractivity contribution in [2.45, 2.75) is 13.3 Å². The number of nitrogens with zero attached hydrogens (tertiary/aromatic N) is 1. The van der Waals surface area contributed by atoms with Gasteiger partial charge in [-0.3, -0.25) is 0 Å². The van der Waals surface area contributed by atoms with Gasteiger partial charge < -0.3 is 4.90 Å². The summed E-state index contributed by atoms with van der Waals surface area (Å²) >= 11 is 0. The third-order valence-corrected chi connectivity index (χ3v) is 2.43. The van der Waals surface area contributed by atoms with Gasteiger partial charge in [0.05, 0.1) is 6.54 Å². The number of hydrogen-bond acceptors (Lipinski definition) is 1. The highest BCUT2D eigenvalue weighted by molar-refractivity contribution is 5.64. The van der Waals surface area contributed by atoms with Crippen LogP contribution >= 0.6 is 0 Å². The van der Waals surface area contributed by atoms with E-state index in [1.54, 1.807) is 0 Å². The molecule has 0 aliphatic heterocycles. The fourth-order valence-electron chi connectivity index (χ4n) is 1.72.